The fourth-order valence-electron chi connectivity index (χ4n) is 0.552. The molecular formula is C7H13N. The summed E-state index contributed by atoms with van der Waals surface area (Å²) in [5.41, 5.74) is 0.787. The van der Waals surface area contributed by atoms with Gasteiger partial charge in [0.15, 0.2) is 0 Å². The SMILES string of the molecule is [CH2]CCC(=N)CC[CH2]. The lowest BCUT2D eigenvalue weighted by molar-refractivity contribution is 0.984. The van der Waals surface area contributed by atoms with Crippen LogP contribution in [0.2, 0.25) is 0 Å². The van der Waals surface area contributed by atoms with Crippen LogP contribution in [0.1, 0.15) is 25.7 Å². The van der Waals surface area contributed by atoms with E-state index in [9.17, 15) is 0 Å². The molecule has 0 aliphatic carbocycles. The first kappa shape index (κ1) is 7.67. The molecule has 0 unspecified atom stereocenters. The summed E-state index contributed by atoms with van der Waals surface area (Å²) in [6.45, 7) is 7.29. The summed E-state index contributed by atoms with van der Waals surface area (Å²) < 4.78 is 0. The van der Waals surface area contributed by atoms with Gasteiger partial charge in [0.1, 0.15) is 0 Å². The average Bonchev–Trinajstić information content (AvgIpc) is 1.68. The van der Waals surface area contributed by atoms with Crippen LogP contribution in [-0.2, 0) is 0 Å². The smallest absolute Gasteiger partial charge is 0.00891 e. The van der Waals surface area contributed by atoms with E-state index in [1.54, 1.807) is 0 Å². The lowest BCUT2D eigenvalue weighted by atomic mass is 10.1. The fourth-order valence-corrected chi connectivity index (χ4v) is 0.552. The molecule has 0 aromatic rings. The van der Waals surface area contributed by atoms with Crippen molar-refractivity contribution in [2.75, 3.05) is 0 Å². The van der Waals surface area contributed by atoms with Crippen LogP contribution in [0.4, 0.5) is 0 Å². The molecule has 0 amide bonds. The van der Waals surface area contributed by atoms with Gasteiger partial charge in [-0.2, -0.15) is 0 Å². The third kappa shape index (κ3) is 3.85. The molecular weight excluding hydrogens is 98.1 g/mol. The molecule has 0 spiro atoms. The summed E-state index contributed by atoms with van der Waals surface area (Å²) in [6, 6.07) is 0. The monoisotopic (exact) mass is 111 g/mol. The van der Waals surface area contributed by atoms with Crippen LogP contribution in [-0.4, -0.2) is 5.71 Å². The maximum absolute atomic E-state index is 7.21. The molecule has 0 heterocycles. The second-order valence-electron chi connectivity index (χ2n) is 1.81. The Balaban J connectivity index is 3.06. The molecule has 2 radical (unpaired) electrons. The molecule has 0 saturated carbocycles. The van der Waals surface area contributed by atoms with Gasteiger partial charge in [-0.05, 0) is 25.7 Å². The Bertz CT molecular complexity index is 58.8. The highest BCUT2D eigenvalue weighted by molar-refractivity contribution is 5.81. The highest BCUT2D eigenvalue weighted by atomic mass is 14.4. The molecule has 0 aliphatic heterocycles. The maximum Gasteiger partial charge on any atom is 0.00891 e. The minimum atomic E-state index is 0.787. The summed E-state index contributed by atoms with van der Waals surface area (Å²) in [7, 11) is 0. The second kappa shape index (κ2) is 4.82. The molecule has 0 atom stereocenters. The molecule has 0 bridgehead atoms. The van der Waals surface area contributed by atoms with Crippen LogP contribution >= 0.6 is 0 Å². The predicted molar refractivity (Wildman–Crippen MR) is 36.9 cm³/mol. The van der Waals surface area contributed by atoms with Gasteiger partial charge in [-0.25, -0.2) is 0 Å². The van der Waals surface area contributed by atoms with Crippen molar-refractivity contribution in [1.29, 1.82) is 5.41 Å². The van der Waals surface area contributed by atoms with Gasteiger partial charge in [-0.3, -0.25) is 0 Å². The Morgan fingerprint density at radius 3 is 1.75 bits per heavy atom. The van der Waals surface area contributed by atoms with Crippen LogP contribution in [0, 0.1) is 19.3 Å². The van der Waals surface area contributed by atoms with E-state index >= 15 is 0 Å². The first-order chi connectivity index (χ1) is 3.81. The van der Waals surface area contributed by atoms with E-state index in [2.05, 4.69) is 13.8 Å². The van der Waals surface area contributed by atoms with Crippen LogP contribution in [0.15, 0.2) is 0 Å². The number of hydrogen-bond acceptors (Lipinski definition) is 1. The van der Waals surface area contributed by atoms with Gasteiger partial charge in [0.05, 0.1) is 0 Å². The Morgan fingerprint density at radius 1 is 1.12 bits per heavy atom. The maximum atomic E-state index is 7.21. The molecule has 0 aromatic carbocycles. The molecule has 0 fully saturated rings. The van der Waals surface area contributed by atoms with Gasteiger partial charge < -0.3 is 5.41 Å². The van der Waals surface area contributed by atoms with Crippen molar-refractivity contribution < 1.29 is 0 Å². The predicted octanol–water partition coefficient (Wildman–Crippen LogP) is 2.23. The normalized spacial score (nSPS) is 9.25. The lowest BCUT2D eigenvalue weighted by Gasteiger charge is -1.95. The third-order valence-electron chi connectivity index (χ3n) is 0.957. The van der Waals surface area contributed by atoms with E-state index in [0.717, 1.165) is 31.4 Å². The van der Waals surface area contributed by atoms with Crippen molar-refractivity contribution in [2.45, 2.75) is 25.7 Å². The van der Waals surface area contributed by atoms with Gasteiger partial charge in [-0.15, -0.1) is 0 Å². The zero-order chi connectivity index (χ0) is 6.41. The standard InChI is InChI=1S/C7H13N/c1-3-5-7(8)6-4-2/h8H,1-6H2. The van der Waals surface area contributed by atoms with Crippen molar-refractivity contribution in [2.24, 2.45) is 0 Å². The quantitative estimate of drug-likeness (QED) is 0.538. The van der Waals surface area contributed by atoms with Gasteiger partial charge in [-0.1, -0.05) is 13.8 Å². The van der Waals surface area contributed by atoms with E-state index in [0.29, 0.717) is 0 Å². The van der Waals surface area contributed by atoms with Gasteiger partial charge in [0.2, 0.25) is 0 Å². The van der Waals surface area contributed by atoms with E-state index in [4.69, 9.17) is 5.41 Å². The van der Waals surface area contributed by atoms with Gasteiger partial charge in [0, 0.05) is 5.71 Å². The van der Waals surface area contributed by atoms with Crippen LogP contribution in [0.5, 0.6) is 0 Å². The Labute approximate surface area is 51.6 Å². The Kier molecular flexibility index (Phi) is 4.62. The lowest BCUT2D eigenvalue weighted by Crippen LogP contribution is -1.92. The van der Waals surface area contributed by atoms with Crippen molar-refractivity contribution >= 4 is 5.71 Å². The molecule has 1 nitrogen and oxygen atoms in total. The molecule has 46 valence electrons. The molecule has 8 heavy (non-hydrogen) atoms. The summed E-state index contributed by atoms with van der Waals surface area (Å²) >= 11 is 0. The van der Waals surface area contributed by atoms with Crippen molar-refractivity contribution in [3.05, 3.63) is 13.8 Å². The number of hydrogen-bond donors (Lipinski definition) is 1. The number of rotatable bonds is 4. The highest BCUT2D eigenvalue weighted by Crippen LogP contribution is 1.95. The minimum absolute atomic E-state index is 0.787. The van der Waals surface area contributed by atoms with E-state index < -0.39 is 0 Å². The number of nitrogens with one attached hydrogen (secondary N) is 1. The zero-order valence-electron chi connectivity index (χ0n) is 5.24. The fraction of sp³-hybridized carbons (Fsp3) is 0.571. The van der Waals surface area contributed by atoms with Crippen molar-refractivity contribution in [3.8, 4) is 0 Å². The topological polar surface area (TPSA) is 23.9 Å². The third-order valence-corrected chi connectivity index (χ3v) is 0.957. The molecule has 1 N–H and O–H groups in total. The molecule has 0 rings (SSSR count). The van der Waals surface area contributed by atoms with Gasteiger partial charge >= 0.3 is 0 Å². The Morgan fingerprint density at radius 2 is 1.50 bits per heavy atom. The first-order valence-corrected chi connectivity index (χ1v) is 2.96. The van der Waals surface area contributed by atoms with Crippen LogP contribution in [0.3, 0.4) is 0 Å². The zero-order valence-corrected chi connectivity index (χ0v) is 5.24. The van der Waals surface area contributed by atoms with Crippen molar-refractivity contribution in [3.63, 3.8) is 0 Å². The summed E-state index contributed by atoms with van der Waals surface area (Å²) in [5.74, 6) is 0. The van der Waals surface area contributed by atoms with Crippen LogP contribution < -0.4 is 0 Å². The second-order valence-corrected chi connectivity index (χ2v) is 1.81. The van der Waals surface area contributed by atoms with Crippen LogP contribution in [0.25, 0.3) is 0 Å². The Hall–Kier alpha value is -0.330. The van der Waals surface area contributed by atoms with E-state index in [-0.39, 0.29) is 0 Å². The molecule has 0 saturated heterocycles. The first-order valence-electron chi connectivity index (χ1n) is 2.96. The summed E-state index contributed by atoms with van der Waals surface area (Å²) in [6.07, 6.45) is 3.38. The molecule has 1 heteroatoms. The minimum Gasteiger partial charge on any atom is -0.310 e. The molecule has 0 aromatic heterocycles. The largest absolute Gasteiger partial charge is 0.310 e. The van der Waals surface area contributed by atoms with Gasteiger partial charge in [0.25, 0.3) is 0 Å². The van der Waals surface area contributed by atoms with Crippen molar-refractivity contribution in [1.82, 2.24) is 0 Å². The molecule has 0 aliphatic rings. The average molecular weight is 111 g/mol. The summed E-state index contributed by atoms with van der Waals surface area (Å²) in [4.78, 5) is 0. The highest BCUT2D eigenvalue weighted by Gasteiger charge is 1.90. The summed E-state index contributed by atoms with van der Waals surface area (Å²) in [5, 5.41) is 7.21. The van der Waals surface area contributed by atoms with E-state index in [1.807, 2.05) is 0 Å². The van der Waals surface area contributed by atoms with E-state index in [1.165, 1.54) is 0 Å².